The molecule has 90 valence electrons. The number of carboxylic acids is 1. The van der Waals surface area contributed by atoms with Crippen LogP contribution in [0.4, 0.5) is 0 Å². The molecule has 1 aliphatic heterocycles. The standard InChI is InChI=1S/C10H15NO5/c1-6(12)11-9(2,3)16-8(15)10(11,4)5-7(13)14/h5H2,1-4H3,(H,13,14). The molecule has 1 atom stereocenters. The first-order valence-electron chi connectivity index (χ1n) is 4.87. The summed E-state index contributed by atoms with van der Waals surface area (Å²) in [5.41, 5.74) is -2.53. The SMILES string of the molecule is CC(=O)N1C(C)(C)OC(=O)C1(C)CC(=O)O. The predicted molar refractivity (Wildman–Crippen MR) is 53.3 cm³/mol. The van der Waals surface area contributed by atoms with Gasteiger partial charge in [-0.2, -0.15) is 0 Å². The largest absolute Gasteiger partial charge is 0.481 e. The number of nitrogens with zero attached hydrogens (tertiary/aromatic N) is 1. The van der Waals surface area contributed by atoms with Crippen LogP contribution in [-0.2, 0) is 19.1 Å². The molecular formula is C10H15NO5. The Balaban J connectivity index is 3.19. The van der Waals surface area contributed by atoms with Crippen LogP contribution in [0.3, 0.4) is 0 Å². The number of hydrogen-bond donors (Lipinski definition) is 1. The Morgan fingerprint density at radius 3 is 2.25 bits per heavy atom. The van der Waals surface area contributed by atoms with Crippen molar-refractivity contribution < 1.29 is 24.2 Å². The van der Waals surface area contributed by atoms with Gasteiger partial charge in [-0.3, -0.25) is 14.5 Å². The first-order chi connectivity index (χ1) is 7.11. The zero-order chi connectivity index (χ0) is 12.7. The van der Waals surface area contributed by atoms with Gasteiger partial charge in [0.2, 0.25) is 5.91 Å². The number of amides is 1. The Bertz CT molecular complexity index is 362. The Hall–Kier alpha value is -1.59. The molecular weight excluding hydrogens is 214 g/mol. The first-order valence-corrected chi connectivity index (χ1v) is 4.87. The maximum atomic E-state index is 11.7. The molecule has 6 heteroatoms. The van der Waals surface area contributed by atoms with Gasteiger partial charge in [0.15, 0.2) is 11.3 Å². The van der Waals surface area contributed by atoms with E-state index in [0.717, 1.165) is 0 Å². The van der Waals surface area contributed by atoms with Crippen LogP contribution in [-0.4, -0.2) is 39.1 Å². The van der Waals surface area contributed by atoms with Crippen molar-refractivity contribution in [3.8, 4) is 0 Å². The zero-order valence-corrected chi connectivity index (χ0v) is 9.73. The number of esters is 1. The molecule has 1 heterocycles. The lowest BCUT2D eigenvalue weighted by Crippen LogP contribution is -2.55. The number of rotatable bonds is 2. The van der Waals surface area contributed by atoms with Crippen LogP contribution in [0.1, 0.15) is 34.1 Å². The molecule has 1 unspecified atom stereocenters. The summed E-state index contributed by atoms with van der Waals surface area (Å²) in [4.78, 5) is 35.1. The van der Waals surface area contributed by atoms with E-state index < -0.39 is 29.6 Å². The number of cyclic esters (lactones) is 1. The normalized spacial score (nSPS) is 27.8. The second-order valence-electron chi connectivity index (χ2n) is 4.54. The van der Waals surface area contributed by atoms with E-state index in [4.69, 9.17) is 9.84 Å². The molecule has 6 nitrogen and oxygen atoms in total. The molecule has 1 saturated heterocycles. The van der Waals surface area contributed by atoms with Crippen molar-refractivity contribution in [3.05, 3.63) is 0 Å². The topological polar surface area (TPSA) is 83.9 Å². The molecule has 0 spiro atoms. The van der Waals surface area contributed by atoms with E-state index in [0.29, 0.717) is 0 Å². The molecule has 0 aliphatic carbocycles. The lowest BCUT2D eigenvalue weighted by atomic mass is 9.95. The van der Waals surface area contributed by atoms with Crippen molar-refractivity contribution in [2.75, 3.05) is 0 Å². The maximum Gasteiger partial charge on any atom is 0.334 e. The molecule has 0 saturated carbocycles. The highest BCUT2D eigenvalue weighted by Gasteiger charge is 2.58. The van der Waals surface area contributed by atoms with Gasteiger partial charge in [-0.15, -0.1) is 0 Å². The summed E-state index contributed by atoms with van der Waals surface area (Å²) >= 11 is 0. The summed E-state index contributed by atoms with van der Waals surface area (Å²) < 4.78 is 5.04. The number of carbonyl (C=O) groups is 3. The summed E-state index contributed by atoms with van der Waals surface area (Å²) in [5, 5.41) is 8.78. The number of carboxylic acid groups (broad SMARTS) is 1. The van der Waals surface area contributed by atoms with Crippen molar-refractivity contribution in [2.45, 2.75) is 45.4 Å². The third-order valence-corrected chi connectivity index (χ3v) is 2.62. The van der Waals surface area contributed by atoms with Gasteiger partial charge in [-0.05, 0) is 20.8 Å². The van der Waals surface area contributed by atoms with Gasteiger partial charge in [-0.1, -0.05) is 0 Å². The van der Waals surface area contributed by atoms with Crippen LogP contribution in [0.15, 0.2) is 0 Å². The van der Waals surface area contributed by atoms with E-state index >= 15 is 0 Å². The molecule has 1 fully saturated rings. The van der Waals surface area contributed by atoms with E-state index in [-0.39, 0.29) is 5.91 Å². The maximum absolute atomic E-state index is 11.7. The predicted octanol–water partition coefficient (Wildman–Crippen LogP) is 0.361. The Morgan fingerprint density at radius 1 is 1.38 bits per heavy atom. The van der Waals surface area contributed by atoms with Crippen LogP contribution >= 0.6 is 0 Å². The summed E-state index contributed by atoms with van der Waals surface area (Å²) in [6, 6.07) is 0. The van der Waals surface area contributed by atoms with E-state index in [1.165, 1.54) is 18.7 Å². The summed E-state index contributed by atoms with van der Waals surface area (Å²) in [5.74, 6) is -2.22. The van der Waals surface area contributed by atoms with Crippen LogP contribution < -0.4 is 0 Å². The number of carbonyl (C=O) groups excluding carboxylic acids is 2. The summed E-state index contributed by atoms with van der Waals surface area (Å²) in [6.45, 7) is 5.79. The molecule has 1 amide bonds. The van der Waals surface area contributed by atoms with Crippen LogP contribution in [0, 0.1) is 0 Å². The second-order valence-corrected chi connectivity index (χ2v) is 4.54. The van der Waals surface area contributed by atoms with Crippen molar-refractivity contribution in [1.82, 2.24) is 4.90 Å². The molecule has 16 heavy (non-hydrogen) atoms. The zero-order valence-electron chi connectivity index (χ0n) is 9.73. The third-order valence-electron chi connectivity index (χ3n) is 2.62. The quantitative estimate of drug-likeness (QED) is 0.691. The van der Waals surface area contributed by atoms with Gasteiger partial charge < -0.3 is 9.84 Å². The number of ether oxygens (including phenoxy) is 1. The van der Waals surface area contributed by atoms with Crippen molar-refractivity contribution in [2.24, 2.45) is 0 Å². The lowest BCUT2D eigenvalue weighted by Gasteiger charge is -2.35. The van der Waals surface area contributed by atoms with Gasteiger partial charge >= 0.3 is 11.9 Å². The fourth-order valence-corrected chi connectivity index (χ4v) is 2.24. The molecule has 0 bridgehead atoms. The van der Waals surface area contributed by atoms with E-state index in [2.05, 4.69) is 0 Å². The van der Waals surface area contributed by atoms with Gasteiger partial charge in [0, 0.05) is 6.92 Å². The molecule has 0 aromatic heterocycles. The fourth-order valence-electron chi connectivity index (χ4n) is 2.24. The van der Waals surface area contributed by atoms with E-state index in [9.17, 15) is 14.4 Å². The van der Waals surface area contributed by atoms with Crippen molar-refractivity contribution in [3.63, 3.8) is 0 Å². The average Bonchev–Trinajstić information content (AvgIpc) is 2.14. The van der Waals surface area contributed by atoms with Crippen LogP contribution in [0.5, 0.6) is 0 Å². The Labute approximate surface area is 93.2 Å². The lowest BCUT2D eigenvalue weighted by molar-refractivity contribution is -0.153. The van der Waals surface area contributed by atoms with Crippen LogP contribution in [0.2, 0.25) is 0 Å². The van der Waals surface area contributed by atoms with Crippen molar-refractivity contribution in [1.29, 1.82) is 0 Å². The summed E-state index contributed by atoms with van der Waals surface area (Å²) in [7, 11) is 0. The highest BCUT2D eigenvalue weighted by atomic mass is 16.6. The molecule has 0 aromatic carbocycles. The summed E-state index contributed by atoms with van der Waals surface area (Å²) in [6.07, 6.45) is -0.463. The minimum Gasteiger partial charge on any atom is -0.481 e. The molecule has 0 radical (unpaired) electrons. The smallest absolute Gasteiger partial charge is 0.334 e. The van der Waals surface area contributed by atoms with Crippen molar-refractivity contribution >= 4 is 17.8 Å². The Kier molecular flexibility index (Phi) is 2.70. The second kappa shape index (κ2) is 3.47. The van der Waals surface area contributed by atoms with E-state index in [1.54, 1.807) is 13.8 Å². The van der Waals surface area contributed by atoms with Crippen LogP contribution in [0.25, 0.3) is 0 Å². The molecule has 0 aromatic rings. The monoisotopic (exact) mass is 229 g/mol. The average molecular weight is 229 g/mol. The van der Waals surface area contributed by atoms with Gasteiger partial charge in [0.1, 0.15) is 0 Å². The minimum absolute atomic E-state index is 0.389. The first kappa shape index (κ1) is 12.5. The molecule has 1 aliphatic rings. The minimum atomic E-state index is -1.43. The van der Waals surface area contributed by atoms with Gasteiger partial charge in [0.05, 0.1) is 6.42 Å². The van der Waals surface area contributed by atoms with Gasteiger partial charge in [-0.25, -0.2) is 4.79 Å². The molecule has 1 rings (SSSR count). The van der Waals surface area contributed by atoms with Gasteiger partial charge in [0.25, 0.3) is 0 Å². The highest BCUT2D eigenvalue weighted by molar-refractivity contribution is 5.93. The fraction of sp³-hybridized carbons (Fsp3) is 0.700. The Morgan fingerprint density at radius 2 is 1.88 bits per heavy atom. The third kappa shape index (κ3) is 1.75. The molecule has 1 N–H and O–H groups in total. The highest BCUT2D eigenvalue weighted by Crippen LogP contribution is 2.38. The number of hydrogen-bond acceptors (Lipinski definition) is 4. The van der Waals surface area contributed by atoms with E-state index in [1.807, 2.05) is 0 Å². The number of aliphatic carboxylic acids is 1.